The summed E-state index contributed by atoms with van der Waals surface area (Å²) in [5.41, 5.74) is 2.10. The molecule has 2 rings (SSSR count). The molecule has 128 valence electrons. The minimum absolute atomic E-state index is 0.389. The minimum Gasteiger partial charge on any atom is -0.444 e. The Morgan fingerprint density at radius 2 is 2.12 bits per heavy atom. The number of hydrogen-bond donors (Lipinski definition) is 1. The van der Waals surface area contributed by atoms with Gasteiger partial charge in [0, 0.05) is 13.1 Å². The van der Waals surface area contributed by atoms with Crippen LogP contribution in [0.3, 0.4) is 0 Å². The molecule has 1 aliphatic heterocycles. The molecule has 1 N–H and O–H groups in total. The Labute approximate surface area is 147 Å². The first-order valence-electron chi connectivity index (χ1n) is 7.81. The maximum atomic E-state index is 12.0. The van der Waals surface area contributed by atoms with Gasteiger partial charge in [-0.3, -0.25) is 5.32 Å². The van der Waals surface area contributed by atoms with Gasteiger partial charge < -0.3 is 9.64 Å². The average molecular weight is 348 g/mol. The molecular weight excluding hydrogens is 326 g/mol. The lowest BCUT2D eigenvalue weighted by atomic mass is 9.97. The quantitative estimate of drug-likeness (QED) is 0.867. The first-order valence-corrected chi connectivity index (χ1v) is 8.19. The molecule has 0 fully saturated rings. The number of carbonyl (C=O) groups excluding carboxylic acids is 1. The molecule has 5 nitrogen and oxygen atoms in total. The predicted octanol–water partition coefficient (Wildman–Crippen LogP) is 4.28. The van der Waals surface area contributed by atoms with Gasteiger partial charge in [-0.2, -0.15) is 5.26 Å². The van der Waals surface area contributed by atoms with Crippen molar-refractivity contribution in [1.29, 1.82) is 5.26 Å². The molecule has 0 atom stereocenters. The Kier molecular flexibility index (Phi) is 5.53. The largest absolute Gasteiger partial charge is 0.444 e. The van der Waals surface area contributed by atoms with E-state index in [-0.39, 0.29) is 0 Å². The van der Waals surface area contributed by atoms with Crippen LogP contribution < -0.4 is 5.32 Å². The van der Waals surface area contributed by atoms with Crippen molar-refractivity contribution in [2.75, 3.05) is 25.5 Å². The van der Waals surface area contributed by atoms with Crippen LogP contribution in [-0.2, 0) is 4.74 Å². The van der Waals surface area contributed by atoms with Gasteiger partial charge in [0.05, 0.1) is 22.3 Å². The number of carbonyl (C=O) groups is 1. The second-order valence-electron chi connectivity index (χ2n) is 6.87. The maximum absolute atomic E-state index is 12.0. The van der Waals surface area contributed by atoms with Crippen LogP contribution in [0.5, 0.6) is 0 Å². The minimum atomic E-state index is -0.608. The number of rotatable bonds is 2. The van der Waals surface area contributed by atoms with Crippen LogP contribution >= 0.6 is 11.6 Å². The van der Waals surface area contributed by atoms with E-state index in [9.17, 15) is 10.1 Å². The van der Waals surface area contributed by atoms with E-state index in [0.717, 1.165) is 30.6 Å². The van der Waals surface area contributed by atoms with Crippen LogP contribution in [0.4, 0.5) is 10.5 Å². The summed E-state index contributed by atoms with van der Waals surface area (Å²) in [6.07, 6.45) is 2.35. The summed E-state index contributed by atoms with van der Waals surface area (Å²) in [5, 5.41) is 12.3. The highest BCUT2D eigenvalue weighted by molar-refractivity contribution is 6.35. The Hall–Kier alpha value is -2.03. The number of benzene rings is 1. The molecule has 0 saturated carbocycles. The number of halogens is 1. The molecule has 0 aromatic heterocycles. The summed E-state index contributed by atoms with van der Waals surface area (Å²) < 4.78 is 5.26. The number of ether oxygens (including phenoxy) is 1. The summed E-state index contributed by atoms with van der Waals surface area (Å²) in [7, 11) is 2.05. The molecule has 1 aliphatic rings. The van der Waals surface area contributed by atoms with Gasteiger partial charge in [0.2, 0.25) is 0 Å². The fraction of sp³-hybridized carbons (Fsp3) is 0.444. The standard InChI is InChI=1S/C18H22ClN3O2/c1-18(2,3)24-17(23)21-15-10-12(11-20)9-14(16(15)19)13-5-7-22(4)8-6-13/h5,9-10H,6-8H2,1-4H3,(H,21,23). The summed E-state index contributed by atoms with van der Waals surface area (Å²) in [4.78, 5) is 14.2. The molecule has 1 aromatic carbocycles. The van der Waals surface area contributed by atoms with Gasteiger partial charge in [0.25, 0.3) is 0 Å². The first-order chi connectivity index (χ1) is 11.2. The van der Waals surface area contributed by atoms with Gasteiger partial charge in [0.1, 0.15) is 5.60 Å². The van der Waals surface area contributed by atoms with Gasteiger partial charge in [-0.25, -0.2) is 4.79 Å². The zero-order chi connectivity index (χ0) is 17.9. The SMILES string of the molecule is CN1CC=C(c2cc(C#N)cc(NC(=O)OC(C)(C)C)c2Cl)CC1. The molecule has 0 aliphatic carbocycles. The van der Waals surface area contributed by atoms with E-state index < -0.39 is 11.7 Å². The highest BCUT2D eigenvalue weighted by Crippen LogP contribution is 2.35. The number of hydrogen-bond acceptors (Lipinski definition) is 4. The predicted molar refractivity (Wildman–Crippen MR) is 96.1 cm³/mol. The lowest BCUT2D eigenvalue weighted by Crippen LogP contribution is -2.27. The van der Waals surface area contributed by atoms with E-state index in [4.69, 9.17) is 16.3 Å². The molecular formula is C18H22ClN3O2. The van der Waals surface area contributed by atoms with Crippen LogP contribution in [0, 0.1) is 11.3 Å². The van der Waals surface area contributed by atoms with Gasteiger partial charge in [0.15, 0.2) is 0 Å². The van der Waals surface area contributed by atoms with Crippen LogP contribution in [0.25, 0.3) is 5.57 Å². The van der Waals surface area contributed by atoms with Crippen molar-refractivity contribution in [1.82, 2.24) is 4.90 Å². The van der Waals surface area contributed by atoms with Crippen molar-refractivity contribution in [2.45, 2.75) is 32.8 Å². The van der Waals surface area contributed by atoms with E-state index in [1.54, 1.807) is 32.9 Å². The Morgan fingerprint density at radius 3 is 2.67 bits per heavy atom. The molecule has 0 radical (unpaired) electrons. The molecule has 0 unspecified atom stereocenters. The number of nitriles is 1. The van der Waals surface area contributed by atoms with Crippen molar-refractivity contribution in [2.24, 2.45) is 0 Å². The molecule has 1 aromatic rings. The first kappa shape index (κ1) is 18.3. The number of anilines is 1. The van der Waals surface area contributed by atoms with Crippen LogP contribution in [-0.4, -0.2) is 36.7 Å². The lowest BCUT2D eigenvalue weighted by molar-refractivity contribution is 0.0636. The van der Waals surface area contributed by atoms with Crippen LogP contribution in [0.15, 0.2) is 18.2 Å². The van der Waals surface area contributed by atoms with Crippen molar-refractivity contribution in [3.05, 3.63) is 34.4 Å². The molecule has 24 heavy (non-hydrogen) atoms. The molecule has 6 heteroatoms. The van der Waals surface area contributed by atoms with Gasteiger partial charge in [-0.1, -0.05) is 17.7 Å². The monoisotopic (exact) mass is 347 g/mol. The zero-order valence-electron chi connectivity index (χ0n) is 14.4. The van der Waals surface area contributed by atoms with Gasteiger partial charge in [-0.15, -0.1) is 0 Å². The van der Waals surface area contributed by atoms with Crippen LogP contribution in [0.2, 0.25) is 5.02 Å². The molecule has 0 saturated heterocycles. The van der Waals surface area contributed by atoms with Crippen molar-refractivity contribution < 1.29 is 9.53 Å². The smallest absolute Gasteiger partial charge is 0.412 e. The van der Waals surface area contributed by atoms with Crippen LogP contribution in [0.1, 0.15) is 38.3 Å². The summed E-state index contributed by atoms with van der Waals surface area (Å²) in [6, 6.07) is 5.44. The topological polar surface area (TPSA) is 65.4 Å². The maximum Gasteiger partial charge on any atom is 0.412 e. The molecule has 1 amide bonds. The molecule has 1 heterocycles. The Balaban J connectivity index is 2.34. The number of amides is 1. The van der Waals surface area contributed by atoms with Crippen molar-refractivity contribution in [3.63, 3.8) is 0 Å². The number of likely N-dealkylation sites (N-methyl/N-ethyl adjacent to an activating group) is 1. The fourth-order valence-corrected chi connectivity index (χ4v) is 2.72. The highest BCUT2D eigenvalue weighted by atomic mass is 35.5. The average Bonchev–Trinajstić information content (AvgIpc) is 2.48. The normalized spacial score (nSPS) is 15.4. The number of nitrogens with zero attached hydrogens (tertiary/aromatic N) is 2. The van der Waals surface area contributed by atoms with Gasteiger partial charge >= 0.3 is 6.09 Å². The Bertz CT molecular complexity index is 714. The third kappa shape index (κ3) is 4.73. The third-order valence-electron chi connectivity index (χ3n) is 3.60. The summed E-state index contributed by atoms with van der Waals surface area (Å²) in [6.45, 7) is 7.11. The van der Waals surface area contributed by atoms with E-state index in [1.807, 2.05) is 0 Å². The molecule has 0 bridgehead atoms. The van der Waals surface area contributed by atoms with E-state index >= 15 is 0 Å². The van der Waals surface area contributed by atoms with Gasteiger partial charge in [-0.05, 0) is 57.5 Å². The van der Waals surface area contributed by atoms with E-state index in [0.29, 0.717) is 16.3 Å². The number of nitrogens with one attached hydrogen (secondary N) is 1. The second-order valence-corrected chi connectivity index (χ2v) is 7.24. The lowest BCUT2D eigenvalue weighted by Gasteiger charge is -2.24. The summed E-state index contributed by atoms with van der Waals surface area (Å²) in [5.74, 6) is 0. The Morgan fingerprint density at radius 1 is 1.42 bits per heavy atom. The second kappa shape index (κ2) is 7.25. The third-order valence-corrected chi connectivity index (χ3v) is 4.00. The highest BCUT2D eigenvalue weighted by Gasteiger charge is 2.20. The van der Waals surface area contributed by atoms with Crippen molar-refractivity contribution >= 4 is 29.0 Å². The fourth-order valence-electron chi connectivity index (χ4n) is 2.44. The molecule has 0 spiro atoms. The zero-order valence-corrected chi connectivity index (χ0v) is 15.2. The van der Waals surface area contributed by atoms with Crippen molar-refractivity contribution in [3.8, 4) is 6.07 Å². The summed E-state index contributed by atoms with van der Waals surface area (Å²) >= 11 is 6.49. The van der Waals surface area contributed by atoms with E-state index in [1.165, 1.54) is 0 Å². The van der Waals surface area contributed by atoms with E-state index in [2.05, 4.69) is 29.4 Å².